The number of anilines is 1. The van der Waals surface area contributed by atoms with Gasteiger partial charge in [-0.15, -0.1) is 0 Å². The quantitative estimate of drug-likeness (QED) is 0.707. The highest BCUT2D eigenvalue weighted by atomic mass is 16.3. The summed E-state index contributed by atoms with van der Waals surface area (Å²) in [6.07, 6.45) is 8.74. The third-order valence-electron chi connectivity index (χ3n) is 7.72. The normalized spacial score (nSPS) is 31.9. The standard InChI is InChI=1S/C22H32N4O3/c1-3-4-5-26-16-12-23-25(2)18(16)19(27)17(21(26)29)20(28)24-22-9-13-6-14(10-22)8-15(7-13)11-22/h13-15,23,27H,3-12H2,1-2H3,(H,24,28). The van der Waals surface area contributed by atoms with Crippen LogP contribution < -0.4 is 21.3 Å². The molecule has 7 heteroatoms. The highest BCUT2D eigenvalue weighted by Gasteiger charge is 2.52. The van der Waals surface area contributed by atoms with Crippen molar-refractivity contribution in [3.05, 3.63) is 21.6 Å². The average Bonchev–Trinajstić information content (AvgIpc) is 3.02. The molecular formula is C22H32N4O3. The van der Waals surface area contributed by atoms with E-state index in [0.29, 0.717) is 36.5 Å². The van der Waals surface area contributed by atoms with Gasteiger partial charge in [0.15, 0.2) is 5.75 Å². The second-order valence-electron chi connectivity index (χ2n) is 9.88. The van der Waals surface area contributed by atoms with Crippen molar-refractivity contribution in [2.45, 2.75) is 76.9 Å². The van der Waals surface area contributed by atoms with E-state index in [-0.39, 0.29) is 22.4 Å². The summed E-state index contributed by atoms with van der Waals surface area (Å²) < 4.78 is 1.68. The van der Waals surface area contributed by atoms with E-state index >= 15 is 0 Å². The van der Waals surface area contributed by atoms with Gasteiger partial charge in [-0.3, -0.25) is 9.59 Å². The molecule has 1 aliphatic heterocycles. The van der Waals surface area contributed by atoms with E-state index in [1.54, 1.807) is 16.6 Å². The Morgan fingerprint density at radius 1 is 1.21 bits per heavy atom. The van der Waals surface area contributed by atoms with Crippen molar-refractivity contribution >= 4 is 11.6 Å². The topological polar surface area (TPSA) is 86.6 Å². The van der Waals surface area contributed by atoms with Gasteiger partial charge >= 0.3 is 0 Å². The van der Waals surface area contributed by atoms with Gasteiger partial charge in [-0.25, -0.2) is 5.43 Å². The van der Waals surface area contributed by atoms with Gasteiger partial charge in [0.05, 0.1) is 12.2 Å². The number of carbonyl (C=O) groups excluding carboxylic acids is 1. The van der Waals surface area contributed by atoms with Crippen LogP contribution in [-0.4, -0.2) is 28.2 Å². The molecule has 3 N–H and O–H groups in total. The Kier molecular flexibility index (Phi) is 4.42. The van der Waals surface area contributed by atoms with Crippen LogP contribution in [0.25, 0.3) is 0 Å². The summed E-state index contributed by atoms with van der Waals surface area (Å²) in [5, 5.41) is 15.9. The van der Waals surface area contributed by atoms with E-state index in [1.165, 1.54) is 19.3 Å². The van der Waals surface area contributed by atoms with E-state index in [2.05, 4.69) is 17.7 Å². The molecule has 158 valence electrons. The Labute approximate surface area is 171 Å². The van der Waals surface area contributed by atoms with Crippen molar-refractivity contribution in [1.29, 1.82) is 0 Å². The number of aromatic nitrogens is 1. The number of hydrogen-bond acceptors (Lipinski definition) is 5. The van der Waals surface area contributed by atoms with Crippen LogP contribution in [0.15, 0.2) is 4.79 Å². The lowest BCUT2D eigenvalue weighted by atomic mass is 9.53. The third-order valence-corrected chi connectivity index (χ3v) is 7.72. The fourth-order valence-electron chi connectivity index (χ4n) is 6.87. The Morgan fingerprint density at radius 3 is 2.41 bits per heavy atom. The van der Waals surface area contributed by atoms with E-state index in [4.69, 9.17) is 0 Å². The van der Waals surface area contributed by atoms with Crippen molar-refractivity contribution in [1.82, 2.24) is 15.3 Å². The van der Waals surface area contributed by atoms with Crippen LogP contribution in [0.5, 0.6) is 5.75 Å². The monoisotopic (exact) mass is 400 g/mol. The second kappa shape index (κ2) is 6.76. The van der Waals surface area contributed by atoms with Gasteiger partial charge in [0.1, 0.15) is 11.3 Å². The number of unbranched alkanes of at least 4 members (excludes halogenated alkanes) is 1. The van der Waals surface area contributed by atoms with Crippen LogP contribution in [0.1, 0.15) is 74.3 Å². The summed E-state index contributed by atoms with van der Waals surface area (Å²) in [6.45, 7) is 3.12. The lowest BCUT2D eigenvalue weighted by molar-refractivity contribution is -0.0167. The number of nitrogens with one attached hydrogen (secondary N) is 2. The smallest absolute Gasteiger partial charge is 0.267 e. The van der Waals surface area contributed by atoms with Gasteiger partial charge in [-0.05, 0) is 62.7 Å². The number of fused-ring (bicyclic) bond motifs is 1. The Bertz CT molecular complexity index is 871. The van der Waals surface area contributed by atoms with Crippen molar-refractivity contribution in [2.24, 2.45) is 17.8 Å². The van der Waals surface area contributed by atoms with E-state index in [9.17, 15) is 14.7 Å². The summed E-state index contributed by atoms with van der Waals surface area (Å²) >= 11 is 0. The molecule has 5 aliphatic rings. The predicted octanol–water partition coefficient (Wildman–Crippen LogP) is 2.51. The molecule has 0 unspecified atom stereocenters. The largest absolute Gasteiger partial charge is 0.505 e. The maximum atomic E-state index is 13.4. The molecule has 0 spiro atoms. The zero-order valence-corrected chi connectivity index (χ0v) is 17.5. The van der Waals surface area contributed by atoms with Gasteiger partial charge in [0.2, 0.25) is 0 Å². The van der Waals surface area contributed by atoms with Crippen LogP contribution in [0.4, 0.5) is 5.69 Å². The minimum atomic E-state index is -0.400. The van der Waals surface area contributed by atoms with Crippen molar-refractivity contribution < 1.29 is 9.90 Å². The molecule has 1 aromatic heterocycles. The van der Waals surface area contributed by atoms with E-state index in [1.807, 2.05) is 0 Å². The highest BCUT2D eigenvalue weighted by molar-refractivity contribution is 5.99. The number of carbonyl (C=O) groups is 1. The summed E-state index contributed by atoms with van der Waals surface area (Å²) in [5.41, 5.74) is 3.81. The maximum Gasteiger partial charge on any atom is 0.267 e. The summed E-state index contributed by atoms with van der Waals surface area (Å²) in [7, 11) is 1.81. The van der Waals surface area contributed by atoms with Crippen LogP contribution in [-0.2, 0) is 13.1 Å². The van der Waals surface area contributed by atoms with Gasteiger partial charge < -0.3 is 20.0 Å². The molecule has 0 radical (unpaired) electrons. The first-order chi connectivity index (χ1) is 13.9. The van der Waals surface area contributed by atoms with E-state index < -0.39 is 5.91 Å². The zero-order chi connectivity index (χ0) is 20.3. The molecule has 0 saturated heterocycles. The van der Waals surface area contributed by atoms with Crippen LogP contribution in [0.2, 0.25) is 0 Å². The number of amides is 1. The first-order valence-corrected chi connectivity index (χ1v) is 11.2. The van der Waals surface area contributed by atoms with Crippen LogP contribution >= 0.6 is 0 Å². The molecule has 7 nitrogen and oxygen atoms in total. The second-order valence-corrected chi connectivity index (χ2v) is 9.88. The molecule has 1 amide bonds. The van der Waals surface area contributed by atoms with Gasteiger partial charge in [-0.1, -0.05) is 13.3 Å². The molecule has 4 saturated carbocycles. The van der Waals surface area contributed by atoms with Crippen molar-refractivity contribution in [3.63, 3.8) is 0 Å². The molecule has 4 bridgehead atoms. The fraction of sp³-hybridized carbons (Fsp3) is 0.727. The summed E-state index contributed by atoms with van der Waals surface area (Å²) in [5.74, 6) is 1.51. The van der Waals surface area contributed by atoms with Gasteiger partial charge in [0, 0.05) is 19.1 Å². The predicted molar refractivity (Wildman–Crippen MR) is 111 cm³/mol. The average molecular weight is 401 g/mol. The Balaban J connectivity index is 1.51. The first kappa shape index (κ1) is 19.0. The summed E-state index contributed by atoms with van der Waals surface area (Å²) in [6, 6.07) is 0. The lowest BCUT2D eigenvalue weighted by Crippen LogP contribution is -2.60. The minimum Gasteiger partial charge on any atom is -0.505 e. The molecule has 4 aliphatic carbocycles. The zero-order valence-electron chi connectivity index (χ0n) is 17.5. The van der Waals surface area contributed by atoms with Crippen LogP contribution in [0.3, 0.4) is 0 Å². The maximum absolute atomic E-state index is 13.4. The van der Waals surface area contributed by atoms with E-state index in [0.717, 1.165) is 37.8 Å². The highest BCUT2D eigenvalue weighted by Crippen LogP contribution is 2.55. The fourth-order valence-corrected chi connectivity index (χ4v) is 6.87. The molecule has 29 heavy (non-hydrogen) atoms. The molecule has 0 atom stereocenters. The van der Waals surface area contributed by atoms with Crippen LogP contribution in [0, 0.1) is 17.8 Å². The van der Waals surface area contributed by atoms with Gasteiger partial charge in [0.25, 0.3) is 11.5 Å². The van der Waals surface area contributed by atoms with Crippen molar-refractivity contribution in [2.75, 3.05) is 12.1 Å². The Morgan fingerprint density at radius 2 is 1.83 bits per heavy atom. The number of hydrazine groups is 1. The number of pyridine rings is 1. The number of nitrogens with zero attached hydrogens (tertiary/aromatic N) is 2. The minimum absolute atomic E-state index is 0.0915. The lowest BCUT2D eigenvalue weighted by Gasteiger charge is -2.56. The van der Waals surface area contributed by atoms with Gasteiger partial charge in [-0.2, -0.15) is 0 Å². The molecule has 2 heterocycles. The Hall–Kier alpha value is -2.02. The molecule has 6 rings (SSSR count). The molecule has 4 fully saturated rings. The third kappa shape index (κ3) is 2.97. The van der Waals surface area contributed by atoms with Crippen molar-refractivity contribution in [3.8, 4) is 5.75 Å². The number of aromatic hydroxyl groups is 1. The number of hydrogen-bond donors (Lipinski definition) is 3. The first-order valence-electron chi connectivity index (χ1n) is 11.2. The molecule has 1 aromatic rings. The molecular weight excluding hydrogens is 368 g/mol. The number of rotatable bonds is 5. The molecule has 0 aromatic carbocycles. The summed E-state index contributed by atoms with van der Waals surface area (Å²) in [4.78, 5) is 26.7. The SMILES string of the molecule is CCCCn1c2c(c(O)c(C(=O)NC34CC5CC(CC(C5)C3)C4)c1=O)N(C)NC2.